The van der Waals surface area contributed by atoms with Crippen LogP contribution in [0.1, 0.15) is 19.3 Å². The molecule has 0 spiro atoms. The molecule has 84 valence electrons. The predicted octanol–water partition coefficient (Wildman–Crippen LogP) is 0.304. The van der Waals surface area contributed by atoms with Gasteiger partial charge in [0.25, 0.3) is 0 Å². The quantitative estimate of drug-likeness (QED) is 0.716. The van der Waals surface area contributed by atoms with Crippen LogP contribution in [-0.4, -0.2) is 41.8 Å². The van der Waals surface area contributed by atoms with Crippen molar-refractivity contribution < 1.29 is 19.4 Å². The highest BCUT2D eigenvalue weighted by atomic mass is 16.5. The molecule has 2 aliphatic rings. The highest BCUT2D eigenvalue weighted by molar-refractivity contribution is 5.81. The summed E-state index contributed by atoms with van der Waals surface area (Å²) in [6.45, 7) is 1.61. The van der Waals surface area contributed by atoms with E-state index in [-0.39, 0.29) is 17.7 Å². The van der Waals surface area contributed by atoms with Crippen molar-refractivity contribution in [1.82, 2.24) is 4.90 Å². The monoisotopic (exact) mass is 213 g/mol. The zero-order valence-corrected chi connectivity index (χ0v) is 8.52. The summed E-state index contributed by atoms with van der Waals surface area (Å²) in [6.07, 6.45) is 1.82. The number of carboxylic acids is 1. The smallest absolute Gasteiger partial charge is 0.306 e. The van der Waals surface area contributed by atoms with Gasteiger partial charge in [-0.25, -0.2) is 0 Å². The summed E-state index contributed by atoms with van der Waals surface area (Å²) in [5.74, 6) is -1.14. The van der Waals surface area contributed by atoms with Crippen LogP contribution < -0.4 is 0 Å². The number of amides is 1. The number of nitrogens with zero attached hydrogens (tertiary/aromatic N) is 1. The van der Waals surface area contributed by atoms with Crippen molar-refractivity contribution in [2.24, 2.45) is 11.8 Å². The molecule has 1 heterocycles. The standard InChI is InChI=1S/C10H15NO4/c12-9(11-3-4-15-6-11)7-1-2-8(5-7)10(13)14/h7-8H,1-6H2,(H,13,14)/t7-,8+/m0/s1. The zero-order valence-electron chi connectivity index (χ0n) is 8.52. The maximum atomic E-state index is 11.9. The van der Waals surface area contributed by atoms with Crippen molar-refractivity contribution >= 4 is 11.9 Å². The van der Waals surface area contributed by atoms with Crippen LogP contribution in [0.3, 0.4) is 0 Å². The second kappa shape index (κ2) is 4.18. The van der Waals surface area contributed by atoms with Crippen LogP contribution in [0.15, 0.2) is 0 Å². The first-order chi connectivity index (χ1) is 7.18. The Morgan fingerprint density at radius 1 is 1.27 bits per heavy atom. The third kappa shape index (κ3) is 2.12. The molecule has 0 bridgehead atoms. The van der Waals surface area contributed by atoms with Crippen molar-refractivity contribution in [3.63, 3.8) is 0 Å². The Morgan fingerprint density at radius 2 is 2.00 bits per heavy atom. The first-order valence-electron chi connectivity index (χ1n) is 5.28. The highest BCUT2D eigenvalue weighted by Crippen LogP contribution is 2.32. The minimum absolute atomic E-state index is 0.0660. The van der Waals surface area contributed by atoms with Gasteiger partial charge in [0.05, 0.1) is 12.5 Å². The van der Waals surface area contributed by atoms with E-state index in [0.717, 1.165) is 0 Å². The molecule has 15 heavy (non-hydrogen) atoms. The SMILES string of the molecule is O=C(O)[C@@H]1CC[C@H](C(=O)N2CCOC2)C1. The lowest BCUT2D eigenvalue weighted by Crippen LogP contribution is -2.33. The Balaban J connectivity index is 1.89. The number of hydrogen-bond donors (Lipinski definition) is 1. The van der Waals surface area contributed by atoms with Gasteiger partial charge in [-0.3, -0.25) is 9.59 Å². The Kier molecular flexibility index (Phi) is 2.90. The molecule has 0 radical (unpaired) electrons. The summed E-state index contributed by atoms with van der Waals surface area (Å²) in [7, 11) is 0. The van der Waals surface area contributed by atoms with Gasteiger partial charge in [0.2, 0.25) is 5.91 Å². The Morgan fingerprint density at radius 3 is 2.53 bits per heavy atom. The summed E-state index contributed by atoms with van der Waals surface area (Å²) >= 11 is 0. The van der Waals surface area contributed by atoms with E-state index in [1.807, 2.05) is 0 Å². The van der Waals surface area contributed by atoms with E-state index in [1.165, 1.54) is 0 Å². The summed E-state index contributed by atoms with van der Waals surface area (Å²) in [5, 5.41) is 8.83. The van der Waals surface area contributed by atoms with Crippen LogP contribution in [0.5, 0.6) is 0 Å². The molecule has 0 aromatic carbocycles. The molecule has 1 saturated carbocycles. The molecule has 0 unspecified atom stereocenters. The van der Waals surface area contributed by atoms with E-state index in [1.54, 1.807) is 4.90 Å². The van der Waals surface area contributed by atoms with Crippen molar-refractivity contribution in [1.29, 1.82) is 0 Å². The molecular formula is C10H15NO4. The first-order valence-corrected chi connectivity index (χ1v) is 5.28. The highest BCUT2D eigenvalue weighted by Gasteiger charge is 2.36. The minimum atomic E-state index is -0.775. The number of hydrogen-bond acceptors (Lipinski definition) is 3. The molecule has 1 amide bonds. The molecule has 0 aromatic rings. The van der Waals surface area contributed by atoms with Gasteiger partial charge in [0.15, 0.2) is 0 Å². The average Bonchev–Trinajstić information content (AvgIpc) is 2.88. The lowest BCUT2D eigenvalue weighted by Gasteiger charge is -2.17. The van der Waals surface area contributed by atoms with Gasteiger partial charge in [-0.2, -0.15) is 0 Å². The zero-order chi connectivity index (χ0) is 10.8. The molecule has 5 heteroatoms. The van der Waals surface area contributed by atoms with Gasteiger partial charge < -0.3 is 14.7 Å². The molecule has 5 nitrogen and oxygen atoms in total. The largest absolute Gasteiger partial charge is 0.481 e. The van der Waals surface area contributed by atoms with Crippen molar-refractivity contribution in [3.8, 4) is 0 Å². The molecule has 1 N–H and O–H groups in total. The molecule has 2 fully saturated rings. The maximum Gasteiger partial charge on any atom is 0.306 e. The van der Waals surface area contributed by atoms with Crippen LogP contribution in [-0.2, 0) is 14.3 Å². The molecule has 0 aromatic heterocycles. The normalized spacial score (nSPS) is 30.8. The van der Waals surface area contributed by atoms with Crippen molar-refractivity contribution in [2.45, 2.75) is 19.3 Å². The van der Waals surface area contributed by atoms with Crippen LogP contribution in [0, 0.1) is 11.8 Å². The van der Waals surface area contributed by atoms with E-state index >= 15 is 0 Å². The second-order valence-electron chi connectivity index (χ2n) is 4.18. The fourth-order valence-corrected chi connectivity index (χ4v) is 2.28. The Hall–Kier alpha value is -1.10. The molecule has 2 rings (SSSR count). The topological polar surface area (TPSA) is 66.8 Å². The van der Waals surface area contributed by atoms with E-state index in [0.29, 0.717) is 39.1 Å². The number of carboxylic acid groups (broad SMARTS) is 1. The van der Waals surface area contributed by atoms with E-state index in [4.69, 9.17) is 9.84 Å². The van der Waals surface area contributed by atoms with E-state index in [2.05, 4.69) is 0 Å². The van der Waals surface area contributed by atoms with Crippen molar-refractivity contribution in [3.05, 3.63) is 0 Å². The Bertz CT molecular complexity index is 273. The summed E-state index contributed by atoms with van der Waals surface area (Å²) in [5.41, 5.74) is 0. The van der Waals surface area contributed by atoms with Crippen LogP contribution in [0.2, 0.25) is 0 Å². The van der Waals surface area contributed by atoms with Crippen LogP contribution in [0.4, 0.5) is 0 Å². The van der Waals surface area contributed by atoms with Gasteiger partial charge in [-0.1, -0.05) is 0 Å². The van der Waals surface area contributed by atoms with Crippen LogP contribution in [0.25, 0.3) is 0 Å². The lowest BCUT2D eigenvalue weighted by atomic mass is 10.0. The van der Waals surface area contributed by atoms with Gasteiger partial charge in [0.1, 0.15) is 6.73 Å². The predicted molar refractivity (Wildman–Crippen MR) is 51.0 cm³/mol. The molecule has 2 atom stereocenters. The minimum Gasteiger partial charge on any atom is -0.481 e. The number of rotatable bonds is 2. The summed E-state index contributed by atoms with van der Waals surface area (Å²) < 4.78 is 5.10. The summed E-state index contributed by atoms with van der Waals surface area (Å²) in [6, 6.07) is 0. The van der Waals surface area contributed by atoms with E-state index in [9.17, 15) is 9.59 Å². The maximum absolute atomic E-state index is 11.9. The first kappa shape index (κ1) is 10.4. The Labute approximate surface area is 88.0 Å². The number of carbonyl (C=O) groups excluding carboxylic acids is 1. The van der Waals surface area contributed by atoms with E-state index < -0.39 is 5.97 Å². The fraction of sp³-hybridized carbons (Fsp3) is 0.800. The lowest BCUT2D eigenvalue weighted by molar-refractivity contribution is -0.141. The molecule has 1 aliphatic heterocycles. The fourth-order valence-electron chi connectivity index (χ4n) is 2.28. The van der Waals surface area contributed by atoms with Gasteiger partial charge in [0, 0.05) is 12.5 Å². The van der Waals surface area contributed by atoms with Crippen molar-refractivity contribution in [2.75, 3.05) is 19.9 Å². The number of aliphatic carboxylic acids is 1. The second-order valence-corrected chi connectivity index (χ2v) is 4.18. The summed E-state index contributed by atoms with van der Waals surface area (Å²) in [4.78, 5) is 24.3. The van der Waals surface area contributed by atoms with Crippen LogP contribution >= 0.6 is 0 Å². The molecule has 1 saturated heterocycles. The van der Waals surface area contributed by atoms with Gasteiger partial charge in [-0.05, 0) is 19.3 Å². The molecule has 1 aliphatic carbocycles. The number of carbonyl (C=O) groups is 2. The molecular weight excluding hydrogens is 198 g/mol. The van der Waals surface area contributed by atoms with Gasteiger partial charge in [-0.15, -0.1) is 0 Å². The average molecular weight is 213 g/mol. The number of ether oxygens (including phenoxy) is 1. The third-order valence-electron chi connectivity index (χ3n) is 3.20. The van der Waals surface area contributed by atoms with Gasteiger partial charge >= 0.3 is 5.97 Å². The third-order valence-corrected chi connectivity index (χ3v) is 3.20.